The molecule has 0 N–H and O–H groups in total. The molecule has 0 amide bonds. The Balaban J connectivity index is 1.72. The Kier molecular flexibility index (Phi) is 5.06. The lowest BCUT2D eigenvalue weighted by molar-refractivity contribution is -0.144. The molecule has 128 valence electrons. The first kappa shape index (κ1) is 17.5. The molecule has 2 heterocycles. The van der Waals surface area contributed by atoms with Crippen molar-refractivity contribution in [2.45, 2.75) is 20.0 Å². The van der Waals surface area contributed by atoms with Crippen LogP contribution in [0.25, 0.3) is 5.65 Å². The highest BCUT2D eigenvalue weighted by molar-refractivity contribution is 6.35. The summed E-state index contributed by atoms with van der Waals surface area (Å²) in [4.78, 5) is 28.5. The summed E-state index contributed by atoms with van der Waals surface area (Å²) in [7, 11) is 0. The van der Waals surface area contributed by atoms with Gasteiger partial charge in [-0.1, -0.05) is 35.3 Å². The third kappa shape index (κ3) is 4.00. The summed E-state index contributed by atoms with van der Waals surface area (Å²) in [5.74, 6) is -0.463. The SMILES string of the molecule is Cc1cccc2nc(COC(=O)Cc3ccc(Cl)cc3Cl)cc(=O)n12. The van der Waals surface area contributed by atoms with Crippen LogP contribution in [0.3, 0.4) is 0 Å². The van der Waals surface area contributed by atoms with Crippen LogP contribution in [-0.4, -0.2) is 15.4 Å². The van der Waals surface area contributed by atoms with Crippen LogP contribution in [0.2, 0.25) is 10.0 Å². The smallest absolute Gasteiger partial charge is 0.310 e. The number of nitrogens with zero attached hydrogens (tertiary/aromatic N) is 2. The van der Waals surface area contributed by atoms with E-state index in [2.05, 4.69) is 4.98 Å². The minimum absolute atomic E-state index is 0.0155. The number of esters is 1. The highest BCUT2D eigenvalue weighted by atomic mass is 35.5. The fraction of sp³-hybridized carbons (Fsp3) is 0.167. The van der Waals surface area contributed by atoms with Gasteiger partial charge in [-0.05, 0) is 36.8 Å². The molecule has 0 aliphatic heterocycles. The largest absolute Gasteiger partial charge is 0.459 e. The van der Waals surface area contributed by atoms with Crippen molar-refractivity contribution in [3.05, 3.63) is 79.8 Å². The predicted molar refractivity (Wildman–Crippen MR) is 96.2 cm³/mol. The molecular weight excluding hydrogens is 363 g/mol. The number of fused-ring (bicyclic) bond motifs is 1. The number of aryl methyl sites for hydroxylation is 1. The van der Waals surface area contributed by atoms with E-state index in [0.717, 1.165) is 5.69 Å². The number of pyridine rings is 1. The molecule has 0 radical (unpaired) electrons. The lowest BCUT2D eigenvalue weighted by atomic mass is 10.1. The van der Waals surface area contributed by atoms with Crippen molar-refractivity contribution < 1.29 is 9.53 Å². The molecule has 0 fully saturated rings. The molecule has 0 aliphatic rings. The molecule has 7 heteroatoms. The molecule has 0 bridgehead atoms. The van der Waals surface area contributed by atoms with Gasteiger partial charge in [0.15, 0.2) is 0 Å². The maximum atomic E-state index is 12.2. The van der Waals surface area contributed by atoms with Crippen molar-refractivity contribution in [3.8, 4) is 0 Å². The lowest BCUT2D eigenvalue weighted by Gasteiger charge is -2.08. The van der Waals surface area contributed by atoms with Gasteiger partial charge in [0.05, 0.1) is 12.1 Å². The Labute approximate surface area is 153 Å². The van der Waals surface area contributed by atoms with Crippen molar-refractivity contribution in [3.63, 3.8) is 0 Å². The molecule has 2 aromatic heterocycles. The molecular formula is C18H14Cl2N2O3. The van der Waals surface area contributed by atoms with Gasteiger partial charge in [0.25, 0.3) is 5.56 Å². The van der Waals surface area contributed by atoms with E-state index in [1.807, 2.05) is 19.1 Å². The van der Waals surface area contributed by atoms with E-state index in [-0.39, 0.29) is 18.6 Å². The highest BCUT2D eigenvalue weighted by Gasteiger charge is 2.11. The summed E-state index contributed by atoms with van der Waals surface area (Å²) in [6.07, 6.45) is 0.0155. The first-order chi connectivity index (χ1) is 11.9. The molecule has 3 aromatic rings. The Morgan fingerprint density at radius 1 is 1.20 bits per heavy atom. The van der Waals surface area contributed by atoms with Gasteiger partial charge < -0.3 is 4.74 Å². The van der Waals surface area contributed by atoms with Gasteiger partial charge in [0.2, 0.25) is 0 Å². The zero-order valence-corrected chi connectivity index (χ0v) is 14.8. The van der Waals surface area contributed by atoms with Crippen molar-refractivity contribution >= 4 is 34.8 Å². The molecule has 0 spiro atoms. The number of carbonyl (C=O) groups excluding carboxylic acids is 1. The third-order valence-corrected chi connectivity index (χ3v) is 4.25. The fourth-order valence-corrected chi connectivity index (χ4v) is 2.94. The van der Waals surface area contributed by atoms with Crippen LogP contribution >= 0.6 is 23.2 Å². The van der Waals surface area contributed by atoms with Crippen LogP contribution < -0.4 is 5.56 Å². The Hall–Kier alpha value is -2.37. The zero-order valence-electron chi connectivity index (χ0n) is 13.3. The van der Waals surface area contributed by atoms with Crippen molar-refractivity contribution in [2.24, 2.45) is 0 Å². The molecule has 1 aromatic carbocycles. The van der Waals surface area contributed by atoms with E-state index < -0.39 is 5.97 Å². The molecule has 0 aliphatic carbocycles. The lowest BCUT2D eigenvalue weighted by Crippen LogP contribution is -2.18. The second kappa shape index (κ2) is 7.25. The van der Waals surface area contributed by atoms with Crippen molar-refractivity contribution in [1.29, 1.82) is 0 Å². The van der Waals surface area contributed by atoms with E-state index in [4.69, 9.17) is 27.9 Å². The summed E-state index contributed by atoms with van der Waals surface area (Å²) in [5.41, 5.74) is 2.11. The van der Waals surface area contributed by atoms with E-state index in [1.54, 1.807) is 24.3 Å². The van der Waals surface area contributed by atoms with Crippen molar-refractivity contribution in [1.82, 2.24) is 9.38 Å². The predicted octanol–water partition coefficient (Wildman–Crippen LogP) is 3.60. The number of carbonyl (C=O) groups is 1. The third-order valence-electron chi connectivity index (χ3n) is 3.66. The highest BCUT2D eigenvalue weighted by Crippen LogP contribution is 2.21. The summed E-state index contributed by atoms with van der Waals surface area (Å²) >= 11 is 11.9. The van der Waals surface area contributed by atoms with Crippen LogP contribution in [0, 0.1) is 6.92 Å². The Morgan fingerprint density at radius 3 is 2.76 bits per heavy atom. The minimum atomic E-state index is -0.463. The van der Waals surface area contributed by atoms with Gasteiger partial charge in [0.1, 0.15) is 12.3 Å². The van der Waals surface area contributed by atoms with Crippen molar-refractivity contribution in [2.75, 3.05) is 0 Å². The second-order valence-electron chi connectivity index (χ2n) is 5.52. The molecule has 25 heavy (non-hydrogen) atoms. The number of ether oxygens (including phenoxy) is 1. The quantitative estimate of drug-likeness (QED) is 0.652. The van der Waals surface area contributed by atoms with Crippen LogP contribution in [-0.2, 0) is 22.6 Å². The van der Waals surface area contributed by atoms with Gasteiger partial charge >= 0.3 is 5.97 Å². The number of halogens is 2. The molecule has 0 saturated heterocycles. The fourth-order valence-electron chi connectivity index (χ4n) is 2.46. The van der Waals surface area contributed by atoms with Crippen LogP contribution in [0.15, 0.2) is 47.3 Å². The Morgan fingerprint density at radius 2 is 2.00 bits per heavy atom. The van der Waals surface area contributed by atoms with Gasteiger partial charge in [-0.2, -0.15) is 0 Å². The Bertz CT molecular complexity index is 1010. The maximum absolute atomic E-state index is 12.2. The number of aromatic nitrogens is 2. The first-order valence-electron chi connectivity index (χ1n) is 7.52. The van der Waals surface area contributed by atoms with E-state index in [9.17, 15) is 9.59 Å². The monoisotopic (exact) mass is 376 g/mol. The van der Waals surface area contributed by atoms with Gasteiger partial charge in [-0.15, -0.1) is 0 Å². The molecule has 5 nitrogen and oxygen atoms in total. The topological polar surface area (TPSA) is 60.7 Å². The van der Waals surface area contributed by atoms with E-state index in [1.165, 1.54) is 10.5 Å². The number of hydrogen-bond donors (Lipinski definition) is 0. The van der Waals surface area contributed by atoms with Gasteiger partial charge in [0, 0.05) is 21.8 Å². The first-order valence-corrected chi connectivity index (χ1v) is 8.27. The molecule has 0 atom stereocenters. The molecule has 0 unspecified atom stereocenters. The molecule has 0 saturated carbocycles. The summed E-state index contributed by atoms with van der Waals surface area (Å²) in [6.45, 7) is 1.75. The van der Waals surface area contributed by atoms with Gasteiger partial charge in [-0.25, -0.2) is 4.98 Å². The number of benzene rings is 1. The minimum Gasteiger partial charge on any atom is -0.459 e. The normalized spacial score (nSPS) is 10.8. The number of rotatable bonds is 4. The van der Waals surface area contributed by atoms with E-state index >= 15 is 0 Å². The summed E-state index contributed by atoms with van der Waals surface area (Å²) in [6, 6.07) is 11.6. The number of hydrogen-bond acceptors (Lipinski definition) is 4. The average Bonchev–Trinajstić information content (AvgIpc) is 2.55. The van der Waals surface area contributed by atoms with E-state index in [0.29, 0.717) is 26.9 Å². The standard InChI is InChI=1S/C18H14Cl2N2O3/c1-11-3-2-4-16-21-14(9-17(23)22(11)16)10-25-18(24)7-12-5-6-13(19)8-15(12)20/h2-6,8-9H,7,10H2,1H3. The van der Waals surface area contributed by atoms with Crippen LogP contribution in [0.4, 0.5) is 0 Å². The van der Waals surface area contributed by atoms with Gasteiger partial charge in [-0.3, -0.25) is 14.0 Å². The zero-order chi connectivity index (χ0) is 18.0. The second-order valence-corrected chi connectivity index (χ2v) is 6.36. The molecule has 3 rings (SSSR count). The summed E-state index contributed by atoms with van der Waals surface area (Å²) < 4.78 is 6.71. The average molecular weight is 377 g/mol. The van der Waals surface area contributed by atoms with Crippen LogP contribution in [0.1, 0.15) is 17.0 Å². The summed E-state index contributed by atoms with van der Waals surface area (Å²) in [5, 5.41) is 0.903. The maximum Gasteiger partial charge on any atom is 0.310 e. The van der Waals surface area contributed by atoms with Crippen LogP contribution in [0.5, 0.6) is 0 Å².